The summed E-state index contributed by atoms with van der Waals surface area (Å²) in [5.74, 6) is 1.14. The van der Waals surface area contributed by atoms with Crippen molar-refractivity contribution in [1.82, 2.24) is 30.3 Å². The molecule has 196 valence electrons. The second kappa shape index (κ2) is 10.7. The molecular formula is C24H36N8O4. The Hall–Kier alpha value is -3.44. The molecule has 2 aromatic heterocycles. The van der Waals surface area contributed by atoms with Crippen molar-refractivity contribution in [3.63, 3.8) is 0 Å². The zero-order valence-corrected chi connectivity index (χ0v) is 21.7. The van der Waals surface area contributed by atoms with Crippen LogP contribution in [-0.2, 0) is 11.2 Å². The molecule has 2 fully saturated rings. The van der Waals surface area contributed by atoms with Gasteiger partial charge in [0.2, 0.25) is 5.95 Å². The first-order valence-corrected chi connectivity index (χ1v) is 12.5. The standard InChI is InChI=1S/C24H36N8O4/c1-6-19-28-22(36-29-19)31-11-8-18(9-12-31)30(5)20(33)16-13-25-21(26-14-16)32-10-7-17(15-32)27-23(34)35-24(2,3)4/h13-14,17-18H,6-12,15H2,1-5H3,(H,27,34)/t17-/m1/s1. The molecule has 2 aromatic rings. The highest BCUT2D eigenvalue weighted by atomic mass is 16.6. The molecule has 12 nitrogen and oxygen atoms in total. The summed E-state index contributed by atoms with van der Waals surface area (Å²) in [5, 5.41) is 6.86. The van der Waals surface area contributed by atoms with E-state index in [1.807, 2.05) is 39.6 Å². The fourth-order valence-electron chi connectivity index (χ4n) is 4.46. The van der Waals surface area contributed by atoms with Crippen molar-refractivity contribution in [2.24, 2.45) is 0 Å². The van der Waals surface area contributed by atoms with E-state index < -0.39 is 11.7 Å². The summed E-state index contributed by atoms with van der Waals surface area (Å²) < 4.78 is 10.7. The first-order chi connectivity index (χ1) is 17.1. The summed E-state index contributed by atoms with van der Waals surface area (Å²) in [6, 6.07) is 0.622. The van der Waals surface area contributed by atoms with Crippen LogP contribution in [-0.4, -0.2) is 87.9 Å². The van der Waals surface area contributed by atoms with Crippen molar-refractivity contribution < 1.29 is 18.8 Å². The number of nitrogens with one attached hydrogen (secondary N) is 1. The van der Waals surface area contributed by atoms with Gasteiger partial charge in [0.05, 0.1) is 11.6 Å². The number of aryl methyl sites for hydroxylation is 1. The highest BCUT2D eigenvalue weighted by molar-refractivity contribution is 5.93. The van der Waals surface area contributed by atoms with E-state index in [4.69, 9.17) is 9.26 Å². The van der Waals surface area contributed by atoms with Gasteiger partial charge >= 0.3 is 12.1 Å². The molecule has 2 aliphatic heterocycles. The van der Waals surface area contributed by atoms with E-state index in [0.717, 1.165) is 38.8 Å². The SMILES string of the molecule is CCc1noc(N2CCC(N(C)C(=O)c3cnc(N4CC[C@@H](NC(=O)OC(C)(C)C)C4)nc3)CC2)n1. The Balaban J connectivity index is 1.27. The van der Waals surface area contributed by atoms with Gasteiger partial charge in [0, 0.05) is 58.1 Å². The van der Waals surface area contributed by atoms with E-state index in [0.29, 0.717) is 36.4 Å². The van der Waals surface area contributed by atoms with E-state index in [2.05, 4.69) is 30.3 Å². The molecule has 0 aliphatic carbocycles. The number of ether oxygens (including phenoxy) is 1. The minimum absolute atomic E-state index is 0.0394. The van der Waals surface area contributed by atoms with Gasteiger partial charge in [0.1, 0.15) is 5.60 Å². The van der Waals surface area contributed by atoms with Gasteiger partial charge in [0.15, 0.2) is 5.82 Å². The smallest absolute Gasteiger partial charge is 0.407 e. The fourth-order valence-corrected chi connectivity index (χ4v) is 4.46. The molecule has 1 atom stereocenters. The van der Waals surface area contributed by atoms with E-state index in [1.54, 1.807) is 17.3 Å². The van der Waals surface area contributed by atoms with E-state index in [-0.39, 0.29) is 18.0 Å². The second-order valence-electron chi connectivity index (χ2n) is 10.3. The minimum atomic E-state index is -0.537. The molecule has 0 spiro atoms. The van der Waals surface area contributed by atoms with E-state index in [9.17, 15) is 9.59 Å². The quantitative estimate of drug-likeness (QED) is 0.630. The van der Waals surface area contributed by atoms with Crippen molar-refractivity contribution in [2.45, 2.75) is 71.1 Å². The molecule has 0 saturated carbocycles. The predicted octanol–water partition coefficient (Wildman–Crippen LogP) is 2.27. The first-order valence-electron chi connectivity index (χ1n) is 12.5. The van der Waals surface area contributed by atoms with Gasteiger partial charge in [-0.2, -0.15) is 4.98 Å². The van der Waals surface area contributed by atoms with Crippen molar-refractivity contribution in [3.8, 4) is 0 Å². The van der Waals surface area contributed by atoms with Crippen LogP contribution >= 0.6 is 0 Å². The summed E-state index contributed by atoms with van der Waals surface area (Å²) in [5.41, 5.74) is -0.0824. The van der Waals surface area contributed by atoms with Gasteiger partial charge < -0.3 is 29.3 Å². The third-order valence-electron chi connectivity index (χ3n) is 6.45. The maximum absolute atomic E-state index is 13.1. The second-order valence-corrected chi connectivity index (χ2v) is 10.3. The van der Waals surface area contributed by atoms with Crippen LogP contribution in [0.5, 0.6) is 0 Å². The molecule has 0 radical (unpaired) electrons. The van der Waals surface area contributed by atoms with Crippen molar-refractivity contribution in [2.75, 3.05) is 43.0 Å². The number of alkyl carbamates (subject to hydrolysis) is 1. The normalized spacial score (nSPS) is 18.9. The fraction of sp³-hybridized carbons (Fsp3) is 0.667. The van der Waals surface area contributed by atoms with E-state index in [1.165, 1.54) is 0 Å². The Morgan fingerprint density at radius 2 is 1.81 bits per heavy atom. The maximum atomic E-state index is 13.1. The van der Waals surface area contributed by atoms with Gasteiger partial charge in [-0.3, -0.25) is 4.79 Å². The molecule has 0 aromatic carbocycles. The van der Waals surface area contributed by atoms with Crippen LogP contribution in [0.4, 0.5) is 16.8 Å². The van der Waals surface area contributed by atoms with Crippen LogP contribution in [0.2, 0.25) is 0 Å². The Labute approximate surface area is 211 Å². The third-order valence-corrected chi connectivity index (χ3v) is 6.45. The van der Waals surface area contributed by atoms with Crippen LogP contribution in [0.15, 0.2) is 16.9 Å². The zero-order chi connectivity index (χ0) is 25.9. The van der Waals surface area contributed by atoms with Crippen LogP contribution in [0.1, 0.15) is 63.1 Å². The number of amides is 2. The molecule has 0 bridgehead atoms. The minimum Gasteiger partial charge on any atom is -0.444 e. The average Bonchev–Trinajstić information content (AvgIpc) is 3.52. The number of carbonyl (C=O) groups is 2. The molecular weight excluding hydrogens is 464 g/mol. The van der Waals surface area contributed by atoms with Gasteiger partial charge in [-0.05, 0) is 40.0 Å². The summed E-state index contributed by atoms with van der Waals surface area (Å²) in [7, 11) is 1.83. The summed E-state index contributed by atoms with van der Waals surface area (Å²) in [6.45, 7) is 10.3. The van der Waals surface area contributed by atoms with Gasteiger partial charge in [-0.25, -0.2) is 14.8 Å². The van der Waals surface area contributed by atoms with Gasteiger partial charge in [-0.15, -0.1) is 0 Å². The van der Waals surface area contributed by atoms with Crippen molar-refractivity contribution in [1.29, 1.82) is 0 Å². The summed E-state index contributed by atoms with van der Waals surface area (Å²) in [6.07, 6.45) is 5.86. The third kappa shape index (κ3) is 6.21. The number of hydrogen-bond acceptors (Lipinski definition) is 10. The molecule has 4 heterocycles. The Morgan fingerprint density at radius 3 is 2.42 bits per heavy atom. The largest absolute Gasteiger partial charge is 0.444 e. The molecule has 2 saturated heterocycles. The van der Waals surface area contributed by atoms with Crippen LogP contribution < -0.4 is 15.1 Å². The predicted molar refractivity (Wildman–Crippen MR) is 133 cm³/mol. The molecule has 12 heteroatoms. The lowest BCUT2D eigenvalue weighted by molar-refractivity contribution is 0.0508. The number of nitrogens with zero attached hydrogens (tertiary/aromatic N) is 7. The lowest BCUT2D eigenvalue weighted by Gasteiger charge is -2.35. The lowest BCUT2D eigenvalue weighted by atomic mass is 10.0. The molecule has 4 rings (SSSR count). The molecule has 0 unspecified atom stereocenters. The summed E-state index contributed by atoms with van der Waals surface area (Å²) >= 11 is 0. The zero-order valence-electron chi connectivity index (χ0n) is 21.7. The molecule has 1 N–H and O–H groups in total. The average molecular weight is 501 g/mol. The van der Waals surface area contributed by atoms with Crippen molar-refractivity contribution >= 4 is 24.0 Å². The number of hydrogen-bond donors (Lipinski definition) is 1. The number of carbonyl (C=O) groups excluding carboxylic acids is 2. The topological polar surface area (TPSA) is 130 Å². The Morgan fingerprint density at radius 1 is 1.14 bits per heavy atom. The number of aromatic nitrogens is 4. The van der Waals surface area contributed by atoms with E-state index >= 15 is 0 Å². The lowest BCUT2D eigenvalue weighted by Crippen LogP contribution is -2.45. The van der Waals surface area contributed by atoms with Crippen molar-refractivity contribution in [3.05, 3.63) is 23.8 Å². The van der Waals surface area contributed by atoms with Crippen LogP contribution in [0, 0.1) is 0 Å². The maximum Gasteiger partial charge on any atom is 0.407 e. The van der Waals surface area contributed by atoms with Gasteiger partial charge in [0.25, 0.3) is 5.91 Å². The molecule has 36 heavy (non-hydrogen) atoms. The highest BCUT2D eigenvalue weighted by Gasteiger charge is 2.30. The summed E-state index contributed by atoms with van der Waals surface area (Å²) in [4.78, 5) is 44.2. The van der Waals surface area contributed by atoms with Crippen LogP contribution in [0.25, 0.3) is 0 Å². The molecule has 2 amide bonds. The number of piperidine rings is 1. The van der Waals surface area contributed by atoms with Gasteiger partial charge in [-0.1, -0.05) is 12.1 Å². The number of anilines is 2. The molecule has 2 aliphatic rings. The first kappa shape index (κ1) is 25.6. The van der Waals surface area contributed by atoms with Crippen LogP contribution in [0.3, 0.4) is 0 Å². The number of rotatable bonds is 6. The highest BCUT2D eigenvalue weighted by Crippen LogP contribution is 2.22. The Kier molecular flexibility index (Phi) is 7.60. The Bertz CT molecular complexity index is 1040. The monoisotopic (exact) mass is 500 g/mol.